The number of epoxide rings is 1. The molecule has 3 heterocycles. The zero-order valence-electron chi connectivity index (χ0n) is 17.9. The van der Waals surface area contributed by atoms with Gasteiger partial charge in [-0.1, -0.05) is 6.92 Å². The van der Waals surface area contributed by atoms with Gasteiger partial charge in [0.15, 0.2) is 0 Å². The molecule has 5 aliphatic rings. The molecule has 0 bridgehead atoms. The van der Waals surface area contributed by atoms with Gasteiger partial charge in [-0.2, -0.15) is 0 Å². The van der Waals surface area contributed by atoms with Crippen LogP contribution in [-0.2, 0) is 23.8 Å². The topological polar surface area (TPSA) is 69.6 Å². The molecule has 0 aromatic carbocycles. The van der Waals surface area contributed by atoms with Crippen molar-refractivity contribution in [1.82, 2.24) is 0 Å². The maximum Gasteiger partial charge on any atom is 0.315 e. The van der Waals surface area contributed by atoms with E-state index >= 15 is 0 Å². The maximum absolute atomic E-state index is 12.9. The molecule has 3 aliphatic heterocycles. The Hall–Kier alpha value is -1.14. The summed E-state index contributed by atoms with van der Waals surface area (Å²) >= 11 is 0. The van der Waals surface area contributed by atoms with Gasteiger partial charge in [0.05, 0.1) is 38.4 Å². The lowest BCUT2D eigenvalue weighted by molar-refractivity contribution is -0.910. The van der Waals surface area contributed by atoms with E-state index in [2.05, 4.69) is 6.92 Å². The van der Waals surface area contributed by atoms with Crippen molar-refractivity contribution in [2.75, 3.05) is 32.8 Å². The molecular formula is C23H36NO5+. The summed E-state index contributed by atoms with van der Waals surface area (Å²) in [4.78, 5) is 26.4. The van der Waals surface area contributed by atoms with E-state index < -0.39 is 0 Å². The molecule has 29 heavy (non-hydrogen) atoms. The summed E-state index contributed by atoms with van der Waals surface area (Å²) in [6.07, 6.45) is 7.70. The summed E-state index contributed by atoms with van der Waals surface area (Å²) in [5.41, 5.74) is 0.346. The Bertz CT molecular complexity index is 676. The van der Waals surface area contributed by atoms with E-state index in [0.29, 0.717) is 18.4 Å². The van der Waals surface area contributed by atoms with Crippen LogP contribution in [0.5, 0.6) is 0 Å². The summed E-state index contributed by atoms with van der Waals surface area (Å²) in [5.74, 6) is 0.751. The molecule has 0 aromatic heterocycles. The van der Waals surface area contributed by atoms with E-state index in [0.717, 1.165) is 51.9 Å². The highest BCUT2D eigenvalue weighted by Crippen LogP contribution is 2.62. The molecule has 0 aromatic rings. The largest absolute Gasteiger partial charge is 0.466 e. The first kappa shape index (κ1) is 19.8. The average Bonchev–Trinajstić information content (AvgIpc) is 3.40. The SMILES string of the molecule is CCOC(=O)[C@H]1CCC[NH+](C[C@H]2C(=O)O[C@@H]3C[C@@]4(C)CCC[C@@]5(CO5)[C@@H]4C[C@@H]32)C1. The molecule has 0 radical (unpaired) electrons. The van der Waals surface area contributed by atoms with Crippen LogP contribution in [0.2, 0.25) is 0 Å². The van der Waals surface area contributed by atoms with Crippen molar-refractivity contribution in [2.45, 2.75) is 70.5 Å². The van der Waals surface area contributed by atoms with Crippen molar-refractivity contribution in [3.05, 3.63) is 0 Å². The van der Waals surface area contributed by atoms with E-state index in [9.17, 15) is 9.59 Å². The highest BCUT2D eigenvalue weighted by atomic mass is 16.6. The summed E-state index contributed by atoms with van der Waals surface area (Å²) in [6, 6.07) is 0. The first-order valence-electron chi connectivity index (χ1n) is 11.8. The highest BCUT2D eigenvalue weighted by Gasteiger charge is 2.65. The molecule has 5 fully saturated rings. The third kappa shape index (κ3) is 3.40. The number of ether oxygens (including phenoxy) is 3. The number of fused-ring (bicyclic) bond motifs is 3. The minimum atomic E-state index is -0.0694. The Labute approximate surface area is 173 Å². The second kappa shape index (κ2) is 7.23. The van der Waals surface area contributed by atoms with E-state index in [1.165, 1.54) is 24.2 Å². The molecule has 6 heteroatoms. The van der Waals surface area contributed by atoms with Crippen molar-refractivity contribution in [3.63, 3.8) is 0 Å². The van der Waals surface area contributed by atoms with Gasteiger partial charge >= 0.3 is 11.9 Å². The van der Waals surface area contributed by atoms with Gasteiger partial charge < -0.3 is 19.1 Å². The van der Waals surface area contributed by atoms with Crippen molar-refractivity contribution in [3.8, 4) is 0 Å². The van der Waals surface area contributed by atoms with Gasteiger partial charge in [0.25, 0.3) is 0 Å². The molecule has 1 unspecified atom stereocenters. The first-order valence-corrected chi connectivity index (χ1v) is 11.8. The van der Waals surface area contributed by atoms with Crippen molar-refractivity contribution in [2.24, 2.45) is 29.1 Å². The minimum Gasteiger partial charge on any atom is -0.466 e. The van der Waals surface area contributed by atoms with Gasteiger partial charge in [0.1, 0.15) is 17.9 Å². The van der Waals surface area contributed by atoms with E-state index in [1.807, 2.05) is 6.92 Å². The Morgan fingerprint density at radius 3 is 2.90 bits per heavy atom. The Morgan fingerprint density at radius 1 is 1.31 bits per heavy atom. The second-order valence-electron chi connectivity index (χ2n) is 10.6. The first-order chi connectivity index (χ1) is 13.9. The number of nitrogens with one attached hydrogen (secondary N) is 1. The third-order valence-electron chi connectivity index (χ3n) is 8.83. The van der Waals surface area contributed by atoms with Gasteiger partial charge in [0.2, 0.25) is 0 Å². The molecule has 2 aliphatic carbocycles. The zero-order valence-corrected chi connectivity index (χ0v) is 17.9. The molecule has 162 valence electrons. The average molecular weight is 407 g/mol. The minimum absolute atomic E-state index is 0.00114. The lowest BCUT2D eigenvalue weighted by Gasteiger charge is -2.51. The van der Waals surface area contributed by atoms with Gasteiger partial charge in [-0.3, -0.25) is 9.59 Å². The Balaban J connectivity index is 1.28. The van der Waals surface area contributed by atoms with Crippen LogP contribution in [0.1, 0.15) is 58.8 Å². The van der Waals surface area contributed by atoms with E-state index in [1.54, 1.807) is 0 Å². The summed E-state index contributed by atoms with van der Waals surface area (Å²) in [5, 5.41) is 0. The smallest absolute Gasteiger partial charge is 0.315 e. The molecule has 3 saturated heterocycles. The molecule has 1 spiro atoms. The zero-order chi connectivity index (χ0) is 20.2. The van der Waals surface area contributed by atoms with Gasteiger partial charge in [0, 0.05) is 5.92 Å². The number of carbonyl (C=O) groups excluding carboxylic acids is 2. The van der Waals surface area contributed by atoms with Crippen LogP contribution in [0.25, 0.3) is 0 Å². The molecule has 2 saturated carbocycles. The number of rotatable bonds is 4. The van der Waals surface area contributed by atoms with Crippen molar-refractivity contribution < 1.29 is 28.7 Å². The van der Waals surface area contributed by atoms with Crippen LogP contribution in [0.4, 0.5) is 0 Å². The summed E-state index contributed by atoms with van der Waals surface area (Å²) in [7, 11) is 0. The number of carbonyl (C=O) groups is 2. The van der Waals surface area contributed by atoms with Crippen LogP contribution >= 0.6 is 0 Å². The fraction of sp³-hybridized carbons (Fsp3) is 0.913. The fourth-order valence-corrected chi connectivity index (χ4v) is 7.30. The number of hydrogen-bond donors (Lipinski definition) is 1. The standard InChI is InChI=1S/C23H35NO5/c1-3-27-20(25)15-6-4-9-24(12-15)13-17-16-10-19-22(2,11-18(16)29-21(17)26)7-5-8-23(19)14-28-23/h15-19H,3-14H2,1-2H3/p+1/t15-,16+,17+,18+,19+,22+,23+/m0/s1. The predicted molar refractivity (Wildman–Crippen MR) is 105 cm³/mol. The lowest BCUT2D eigenvalue weighted by atomic mass is 9.53. The molecular weight excluding hydrogens is 370 g/mol. The Kier molecular flexibility index (Phi) is 4.93. The quantitative estimate of drug-likeness (QED) is 0.564. The highest BCUT2D eigenvalue weighted by molar-refractivity contribution is 5.75. The number of piperidine rings is 1. The maximum atomic E-state index is 12.9. The van der Waals surface area contributed by atoms with E-state index in [4.69, 9.17) is 14.2 Å². The van der Waals surface area contributed by atoms with Crippen molar-refractivity contribution in [1.29, 1.82) is 0 Å². The van der Waals surface area contributed by atoms with Gasteiger partial charge in [-0.25, -0.2) is 0 Å². The second-order valence-corrected chi connectivity index (χ2v) is 10.6. The predicted octanol–water partition coefficient (Wildman–Crippen LogP) is 1.37. The van der Waals surface area contributed by atoms with Crippen LogP contribution in [0, 0.1) is 29.1 Å². The molecule has 5 rings (SSSR count). The van der Waals surface area contributed by atoms with Gasteiger partial charge in [-0.15, -0.1) is 0 Å². The molecule has 6 nitrogen and oxygen atoms in total. The molecule has 8 atom stereocenters. The summed E-state index contributed by atoms with van der Waals surface area (Å²) < 4.78 is 17.2. The summed E-state index contributed by atoms with van der Waals surface area (Å²) in [6.45, 7) is 8.22. The van der Waals surface area contributed by atoms with Crippen LogP contribution < -0.4 is 4.90 Å². The number of esters is 2. The number of hydrogen-bond acceptors (Lipinski definition) is 5. The van der Waals surface area contributed by atoms with Crippen molar-refractivity contribution >= 4 is 11.9 Å². The molecule has 1 N–H and O–H groups in total. The Morgan fingerprint density at radius 2 is 2.14 bits per heavy atom. The van der Waals surface area contributed by atoms with Crippen LogP contribution in [0.3, 0.4) is 0 Å². The third-order valence-corrected chi connectivity index (χ3v) is 8.83. The lowest BCUT2D eigenvalue weighted by Crippen LogP contribution is -3.14. The van der Waals surface area contributed by atoms with Gasteiger partial charge in [-0.05, 0) is 63.2 Å². The fourth-order valence-electron chi connectivity index (χ4n) is 7.30. The van der Waals surface area contributed by atoms with Crippen LogP contribution in [-0.4, -0.2) is 56.5 Å². The van der Waals surface area contributed by atoms with E-state index in [-0.39, 0.29) is 40.9 Å². The monoisotopic (exact) mass is 406 g/mol. The molecule has 0 amide bonds. The normalized spacial score (nSPS) is 48.6. The number of quaternary nitrogens is 1. The van der Waals surface area contributed by atoms with Crippen LogP contribution in [0.15, 0.2) is 0 Å². The number of likely N-dealkylation sites (tertiary alicyclic amines) is 1.